The van der Waals surface area contributed by atoms with Gasteiger partial charge in [-0.2, -0.15) is 0 Å². The van der Waals surface area contributed by atoms with Crippen LogP contribution in [0.5, 0.6) is 0 Å². The van der Waals surface area contributed by atoms with Gasteiger partial charge in [0, 0.05) is 25.2 Å². The van der Waals surface area contributed by atoms with E-state index >= 15 is 0 Å². The number of likely N-dealkylation sites (N-methyl/N-ethyl adjacent to an activating group) is 1. The van der Waals surface area contributed by atoms with Gasteiger partial charge in [-0.05, 0) is 46.3 Å². The fourth-order valence-electron chi connectivity index (χ4n) is 2.96. The molecular formula is C17H28N2O. The van der Waals surface area contributed by atoms with E-state index in [0.29, 0.717) is 12.1 Å². The van der Waals surface area contributed by atoms with Crippen LogP contribution < -0.4 is 5.32 Å². The van der Waals surface area contributed by atoms with Crippen molar-refractivity contribution in [2.45, 2.75) is 44.4 Å². The van der Waals surface area contributed by atoms with Gasteiger partial charge < -0.3 is 15.0 Å². The zero-order valence-corrected chi connectivity index (χ0v) is 13.2. The Morgan fingerprint density at radius 2 is 2.00 bits per heavy atom. The highest BCUT2D eigenvalue weighted by Crippen LogP contribution is 2.26. The Morgan fingerprint density at radius 1 is 1.30 bits per heavy atom. The molecule has 1 N–H and O–H groups in total. The van der Waals surface area contributed by atoms with Crippen LogP contribution >= 0.6 is 0 Å². The minimum absolute atomic E-state index is 0.00469. The van der Waals surface area contributed by atoms with Crippen LogP contribution in [-0.2, 0) is 4.74 Å². The molecule has 1 aliphatic rings. The normalized spacial score (nSPS) is 23.8. The highest BCUT2D eigenvalue weighted by atomic mass is 16.5. The van der Waals surface area contributed by atoms with Crippen LogP contribution in [0.3, 0.4) is 0 Å². The second-order valence-electron chi connectivity index (χ2n) is 6.69. The molecule has 20 heavy (non-hydrogen) atoms. The van der Waals surface area contributed by atoms with Gasteiger partial charge in [-0.3, -0.25) is 0 Å². The van der Waals surface area contributed by atoms with Crippen molar-refractivity contribution < 1.29 is 4.74 Å². The standard InChI is InChI=1S/C17H28N2O/c1-17(2)12-15(10-11-20-17)18-16(13-19(3)4)14-8-6-5-7-9-14/h5-9,15-16,18H,10-13H2,1-4H3. The van der Waals surface area contributed by atoms with E-state index in [4.69, 9.17) is 4.74 Å². The van der Waals surface area contributed by atoms with Crippen molar-refractivity contribution in [1.29, 1.82) is 0 Å². The number of nitrogens with one attached hydrogen (secondary N) is 1. The summed E-state index contributed by atoms with van der Waals surface area (Å²) in [5, 5.41) is 3.84. The molecule has 1 aliphatic heterocycles. The fourth-order valence-corrected chi connectivity index (χ4v) is 2.96. The molecule has 0 spiro atoms. The molecule has 3 nitrogen and oxygen atoms in total. The third kappa shape index (κ3) is 4.58. The summed E-state index contributed by atoms with van der Waals surface area (Å²) >= 11 is 0. The summed E-state index contributed by atoms with van der Waals surface area (Å²) in [6.07, 6.45) is 2.17. The number of hydrogen-bond donors (Lipinski definition) is 1. The Hall–Kier alpha value is -0.900. The minimum Gasteiger partial charge on any atom is -0.375 e. The molecule has 0 amide bonds. The van der Waals surface area contributed by atoms with E-state index in [2.05, 4.69) is 68.5 Å². The zero-order valence-electron chi connectivity index (χ0n) is 13.2. The summed E-state index contributed by atoms with van der Waals surface area (Å²) in [6.45, 7) is 6.24. The van der Waals surface area contributed by atoms with Crippen LogP contribution in [0.1, 0.15) is 38.3 Å². The van der Waals surface area contributed by atoms with Crippen LogP contribution in [0.25, 0.3) is 0 Å². The molecule has 1 saturated heterocycles. The van der Waals surface area contributed by atoms with Gasteiger partial charge in [-0.15, -0.1) is 0 Å². The SMILES string of the molecule is CN(C)CC(NC1CCOC(C)(C)C1)c1ccccc1. The van der Waals surface area contributed by atoms with E-state index in [0.717, 1.165) is 26.0 Å². The quantitative estimate of drug-likeness (QED) is 0.895. The maximum atomic E-state index is 5.81. The average Bonchev–Trinajstić information content (AvgIpc) is 2.37. The second-order valence-corrected chi connectivity index (χ2v) is 6.69. The van der Waals surface area contributed by atoms with Crippen molar-refractivity contribution in [3.8, 4) is 0 Å². The zero-order chi connectivity index (χ0) is 14.6. The topological polar surface area (TPSA) is 24.5 Å². The molecule has 3 heteroatoms. The smallest absolute Gasteiger partial charge is 0.0641 e. The van der Waals surface area contributed by atoms with Crippen LogP contribution in [0.15, 0.2) is 30.3 Å². The lowest BCUT2D eigenvalue weighted by atomic mass is 9.92. The predicted molar refractivity (Wildman–Crippen MR) is 83.9 cm³/mol. The maximum Gasteiger partial charge on any atom is 0.0641 e. The van der Waals surface area contributed by atoms with Gasteiger partial charge in [0.05, 0.1) is 5.60 Å². The molecule has 1 aromatic rings. The molecule has 0 radical (unpaired) electrons. The average molecular weight is 276 g/mol. The molecule has 2 unspecified atom stereocenters. The van der Waals surface area contributed by atoms with Crippen molar-refractivity contribution in [1.82, 2.24) is 10.2 Å². The van der Waals surface area contributed by atoms with Crippen LogP contribution in [-0.4, -0.2) is 43.8 Å². The molecule has 112 valence electrons. The van der Waals surface area contributed by atoms with Gasteiger partial charge >= 0.3 is 0 Å². The molecule has 1 heterocycles. The highest BCUT2D eigenvalue weighted by molar-refractivity contribution is 5.19. The predicted octanol–water partition coefficient (Wildman–Crippen LogP) is 2.84. The first-order chi connectivity index (χ1) is 9.46. The van der Waals surface area contributed by atoms with Gasteiger partial charge in [0.1, 0.15) is 0 Å². The second kappa shape index (κ2) is 6.70. The molecule has 1 aromatic carbocycles. The minimum atomic E-state index is -0.00469. The molecule has 0 saturated carbocycles. The Kier molecular flexibility index (Phi) is 5.19. The van der Waals surface area contributed by atoms with Crippen LogP contribution in [0.2, 0.25) is 0 Å². The maximum absolute atomic E-state index is 5.81. The molecule has 1 fully saturated rings. The third-order valence-electron chi connectivity index (χ3n) is 3.88. The lowest BCUT2D eigenvalue weighted by Gasteiger charge is -2.38. The van der Waals surface area contributed by atoms with E-state index in [1.165, 1.54) is 5.56 Å². The van der Waals surface area contributed by atoms with E-state index in [1.807, 2.05) is 0 Å². The summed E-state index contributed by atoms with van der Waals surface area (Å²) in [4.78, 5) is 2.25. The molecule has 0 aliphatic carbocycles. The summed E-state index contributed by atoms with van der Waals surface area (Å²) in [5.74, 6) is 0. The van der Waals surface area contributed by atoms with Crippen molar-refractivity contribution in [2.75, 3.05) is 27.2 Å². The number of hydrogen-bond acceptors (Lipinski definition) is 3. The number of nitrogens with zero attached hydrogens (tertiary/aromatic N) is 1. The number of ether oxygens (including phenoxy) is 1. The van der Waals surface area contributed by atoms with Crippen molar-refractivity contribution in [3.05, 3.63) is 35.9 Å². The van der Waals surface area contributed by atoms with E-state index in [9.17, 15) is 0 Å². The Balaban J connectivity index is 2.04. The Bertz CT molecular complexity index is 403. The molecule has 0 bridgehead atoms. The summed E-state index contributed by atoms with van der Waals surface area (Å²) in [5.41, 5.74) is 1.36. The lowest BCUT2D eigenvalue weighted by Crippen LogP contribution is -2.46. The number of rotatable bonds is 5. The van der Waals surface area contributed by atoms with E-state index < -0.39 is 0 Å². The molecular weight excluding hydrogens is 248 g/mol. The fraction of sp³-hybridized carbons (Fsp3) is 0.647. The van der Waals surface area contributed by atoms with E-state index in [-0.39, 0.29) is 5.60 Å². The first kappa shape index (κ1) is 15.5. The van der Waals surface area contributed by atoms with Crippen molar-refractivity contribution in [3.63, 3.8) is 0 Å². The first-order valence-corrected chi connectivity index (χ1v) is 7.56. The third-order valence-corrected chi connectivity index (χ3v) is 3.88. The Labute approximate surface area is 123 Å². The molecule has 2 atom stereocenters. The Morgan fingerprint density at radius 3 is 2.60 bits per heavy atom. The van der Waals surface area contributed by atoms with Crippen LogP contribution in [0.4, 0.5) is 0 Å². The van der Waals surface area contributed by atoms with Crippen molar-refractivity contribution >= 4 is 0 Å². The molecule has 0 aromatic heterocycles. The first-order valence-electron chi connectivity index (χ1n) is 7.56. The lowest BCUT2D eigenvalue weighted by molar-refractivity contribution is -0.0644. The van der Waals surface area contributed by atoms with Crippen molar-refractivity contribution in [2.24, 2.45) is 0 Å². The highest BCUT2D eigenvalue weighted by Gasteiger charge is 2.30. The largest absolute Gasteiger partial charge is 0.375 e. The number of benzene rings is 1. The molecule has 2 rings (SSSR count). The van der Waals surface area contributed by atoms with Gasteiger partial charge in [0.15, 0.2) is 0 Å². The van der Waals surface area contributed by atoms with Gasteiger partial charge in [-0.25, -0.2) is 0 Å². The van der Waals surface area contributed by atoms with Gasteiger partial charge in [0.2, 0.25) is 0 Å². The van der Waals surface area contributed by atoms with Gasteiger partial charge in [0.25, 0.3) is 0 Å². The van der Waals surface area contributed by atoms with Gasteiger partial charge in [-0.1, -0.05) is 30.3 Å². The van der Waals surface area contributed by atoms with E-state index in [1.54, 1.807) is 0 Å². The monoisotopic (exact) mass is 276 g/mol. The summed E-state index contributed by atoms with van der Waals surface area (Å²) in [6, 6.07) is 11.7. The summed E-state index contributed by atoms with van der Waals surface area (Å²) < 4.78 is 5.81. The summed E-state index contributed by atoms with van der Waals surface area (Å²) in [7, 11) is 4.26. The van der Waals surface area contributed by atoms with Crippen LogP contribution in [0, 0.1) is 0 Å².